The Labute approximate surface area is 104 Å². The second-order valence-electron chi connectivity index (χ2n) is 4.06. The van der Waals surface area contributed by atoms with E-state index in [2.05, 4.69) is 23.6 Å². The molecule has 0 aliphatic rings. The van der Waals surface area contributed by atoms with Crippen LogP contribution in [-0.4, -0.2) is 19.0 Å². The lowest BCUT2D eigenvalue weighted by Crippen LogP contribution is -2.21. The molecule has 1 aromatic rings. The van der Waals surface area contributed by atoms with E-state index in [4.69, 9.17) is 0 Å². The van der Waals surface area contributed by atoms with Crippen LogP contribution in [0.4, 0.5) is 5.69 Å². The highest BCUT2D eigenvalue weighted by molar-refractivity contribution is 5.91. The first kappa shape index (κ1) is 13.7. The van der Waals surface area contributed by atoms with Gasteiger partial charge in [0.1, 0.15) is 0 Å². The summed E-state index contributed by atoms with van der Waals surface area (Å²) in [4.78, 5) is 11.7. The lowest BCUT2D eigenvalue weighted by Gasteiger charge is -2.10. The fourth-order valence-corrected chi connectivity index (χ4v) is 1.72. The van der Waals surface area contributed by atoms with Crippen molar-refractivity contribution in [2.75, 3.05) is 18.4 Å². The Kier molecular flexibility index (Phi) is 6.33. The first-order valence-electron chi connectivity index (χ1n) is 6.36. The molecule has 0 heterocycles. The molecular formula is C14H22N2O. The van der Waals surface area contributed by atoms with Crippen LogP contribution in [0.2, 0.25) is 0 Å². The quantitative estimate of drug-likeness (QED) is 0.712. The number of aryl methyl sites for hydroxylation is 1. The number of amides is 1. The fraction of sp³-hybridized carbons (Fsp3) is 0.500. The molecule has 1 aromatic carbocycles. The van der Waals surface area contributed by atoms with Crippen molar-refractivity contribution in [2.24, 2.45) is 0 Å². The maximum absolute atomic E-state index is 11.7. The molecule has 0 aliphatic carbocycles. The minimum Gasteiger partial charge on any atom is -0.326 e. The van der Waals surface area contributed by atoms with Gasteiger partial charge in [0, 0.05) is 18.7 Å². The number of para-hydroxylation sites is 1. The van der Waals surface area contributed by atoms with Crippen molar-refractivity contribution < 1.29 is 4.79 Å². The molecule has 3 nitrogen and oxygen atoms in total. The minimum absolute atomic E-state index is 0.0782. The maximum atomic E-state index is 11.7. The maximum Gasteiger partial charge on any atom is 0.225 e. The Balaban J connectivity index is 2.52. The van der Waals surface area contributed by atoms with Crippen LogP contribution in [0.5, 0.6) is 0 Å². The predicted molar refractivity (Wildman–Crippen MR) is 72.2 cm³/mol. The molecule has 3 heteroatoms. The van der Waals surface area contributed by atoms with Crippen LogP contribution in [-0.2, 0) is 11.2 Å². The van der Waals surface area contributed by atoms with Crippen LogP contribution >= 0.6 is 0 Å². The Morgan fingerprint density at radius 3 is 2.71 bits per heavy atom. The van der Waals surface area contributed by atoms with Gasteiger partial charge in [0.15, 0.2) is 0 Å². The molecule has 0 saturated carbocycles. The second kappa shape index (κ2) is 7.85. The van der Waals surface area contributed by atoms with Crippen molar-refractivity contribution in [3.63, 3.8) is 0 Å². The smallest absolute Gasteiger partial charge is 0.225 e. The van der Waals surface area contributed by atoms with E-state index in [1.165, 1.54) is 5.56 Å². The molecule has 0 bridgehead atoms. The average molecular weight is 234 g/mol. The number of carbonyl (C=O) groups excluding carboxylic acids is 1. The lowest BCUT2D eigenvalue weighted by atomic mass is 10.1. The minimum atomic E-state index is 0.0782. The molecule has 2 N–H and O–H groups in total. The van der Waals surface area contributed by atoms with Gasteiger partial charge in [-0.1, -0.05) is 38.5 Å². The van der Waals surface area contributed by atoms with Crippen LogP contribution in [0.15, 0.2) is 24.3 Å². The number of hydrogen-bond acceptors (Lipinski definition) is 2. The first-order valence-corrected chi connectivity index (χ1v) is 6.36. The topological polar surface area (TPSA) is 41.1 Å². The Hall–Kier alpha value is -1.35. The van der Waals surface area contributed by atoms with Crippen molar-refractivity contribution >= 4 is 11.6 Å². The van der Waals surface area contributed by atoms with Crippen LogP contribution in [0, 0.1) is 0 Å². The summed E-state index contributed by atoms with van der Waals surface area (Å²) in [7, 11) is 0. The zero-order valence-electron chi connectivity index (χ0n) is 10.8. The van der Waals surface area contributed by atoms with E-state index in [-0.39, 0.29) is 5.91 Å². The lowest BCUT2D eigenvalue weighted by molar-refractivity contribution is -0.116. The Morgan fingerprint density at radius 1 is 1.24 bits per heavy atom. The molecular weight excluding hydrogens is 212 g/mol. The van der Waals surface area contributed by atoms with Gasteiger partial charge in [0.25, 0.3) is 0 Å². The first-order chi connectivity index (χ1) is 8.27. The Morgan fingerprint density at radius 2 is 2.00 bits per heavy atom. The van der Waals surface area contributed by atoms with Gasteiger partial charge >= 0.3 is 0 Å². The Bertz CT molecular complexity index is 350. The van der Waals surface area contributed by atoms with Gasteiger partial charge in [0.2, 0.25) is 5.91 Å². The zero-order valence-corrected chi connectivity index (χ0v) is 10.8. The van der Waals surface area contributed by atoms with Gasteiger partial charge in [-0.05, 0) is 24.6 Å². The van der Waals surface area contributed by atoms with E-state index < -0.39 is 0 Å². The normalized spacial score (nSPS) is 10.2. The molecule has 1 amide bonds. The van der Waals surface area contributed by atoms with Crippen molar-refractivity contribution in [1.82, 2.24) is 5.32 Å². The third-order valence-corrected chi connectivity index (χ3v) is 2.59. The highest BCUT2D eigenvalue weighted by atomic mass is 16.1. The largest absolute Gasteiger partial charge is 0.326 e. The van der Waals surface area contributed by atoms with E-state index in [1.54, 1.807) is 0 Å². The van der Waals surface area contributed by atoms with E-state index in [1.807, 2.05) is 25.1 Å². The highest BCUT2D eigenvalue weighted by Crippen LogP contribution is 2.16. The van der Waals surface area contributed by atoms with Gasteiger partial charge in [-0.25, -0.2) is 0 Å². The molecule has 0 radical (unpaired) electrons. The SMILES string of the molecule is CCCc1ccccc1NC(=O)CCNCC. The second-order valence-corrected chi connectivity index (χ2v) is 4.06. The average Bonchev–Trinajstić information content (AvgIpc) is 2.32. The molecule has 94 valence electrons. The zero-order chi connectivity index (χ0) is 12.5. The van der Waals surface area contributed by atoms with Crippen LogP contribution in [0.25, 0.3) is 0 Å². The van der Waals surface area contributed by atoms with Crippen LogP contribution in [0.1, 0.15) is 32.3 Å². The van der Waals surface area contributed by atoms with Gasteiger partial charge in [-0.3, -0.25) is 4.79 Å². The van der Waals surface area contributed by atoms with E-state index in [9.17, 15) is 4.79 Å². The number of rotatable bonds is 7. The summed E-state index contributed by atoms with van der Waals surface area (Å²) in [5, 5.41) is 6.12. The van der Waals surface area contributed by atoms with Crippen molar-refractivity contribution in [3.05, 3.63) is 29.8 Å². The number of nitrogens with one attached hydrogen (secondary N) is 2. The van der Waals surface area contributed by atoms with Crippen molar-refractivity contribution in [3.8, 4) is 0 Å². The van der Waals surface area contributed by atoms with Crippen LogP contribution < -0.4 is 10.6 Å². The molecule has 0 aromatic heterocycles. The van der Waals surface area contributed by atoms with E-state index in [0.29, 0.717) is 6.42 Å². The standard InChI is InChI=1S/C14H22N2O/c1-3-7-12-8-5-6-9-13(12)16-14(17)10-11-15-4-2/h5-6,8-9,15H,3-4,7,10-11H2,1-2H3,(H,16,17). The summed E-state index contributed by atoms with van der Waals surface area (Å²) in [5.74, 6) is 0.0782. The summed E-state index contributed by atoms with van der Waals surface area (Å²) in [6.07, 6.45) is 2.61. The third-order valence-electron chi connectivity index (χ3n) is 2.59. The molecule has 1 rings (SSSR count). The fourth-order valence-electron chi connectivity index (χ4n) is 1.72. The summed E-state index contributed by atoms with van der Waals surface area (Å²) in [6.45, 7) is 5.82. The van der Waals surface area contributed by atoms with Gasteiger partial charge in [-0.2, -0.15) is 0 Å². The molecule has 17 heavy (non-hydrogen) atoms. The molecule has 0 saturated heterocycles. The predicted octanol–water partition coefficient (Wildman–Crippen LogP) is 2.58. The number of hydrogen-bond donors (Lipinski definition) is 2. The summed E-state index contributed by atoms with van der Waals surface area (Å²) in [6, 6.07) is 8.01. The van der Waals surface area contributed by atoms with Gasteiger partial charge in [-0.15, -0.1) is 0 Å². The third kappa shape index (κ3) is 5.00. The summed E-state index contributed by atoms with van der Waals surface area (Å²) in [5.41, 5.74) is 2.17. The van der Waals surface area contributed by atoms with Crippen molar-refractivity contribution in [2.45, 2.75) is 33.1 Å². The molecule has 0 unspecified atom stereocenters. The van der Waals surface area contributed by atoms with Crippen molar-refractivity contribution in [1.29, 1.82) is 0 Å². The summed E-state index contributed by atoms with van der Waals surface area (Å²) >= 11 is 0. The monoisotopic (exact) mass is 234 g/mol. The molecule has 0 fully saturated rings. The number of benzene rings is 1. The van der Waals surface area contributed by atoms with E-state index >= 15 is 0 Å². The van der Waals surface area contributed by atoms with Crippen LogP contribution in [0.3, 0.4) is 0 Å². The van der Waals surface area contributed by atoms with Gasteiger partial charge < -0.3 is 10.6 Å². The molecule has 0 aliphatic heterocycles. The summed E-state index contributed by atoms with van der Waals surface area (Å²) < 4.78 is 0. The van der Waals surface area contributed by atoms with E-state index in [0.717, 1.165) is 31.6 Å². The number of anilines is 1. The van der Waals surface area contributed by atoms with Gasteiger partial charge in [0.05, 0.1) is 0 Å². The highest BCUT2D eigenvalue weighted by Gasteiger charge is 2.05. The number of carbonyl (C=O) groups is 1. The molecule has 0 spiro atoms. The molecule has 0 atom stereocenters.